The molecule has 1 aliphatic heterocycles. The van der Waals surface area contributed by atoms with Crippen molar-refractivity contribution in [2.45, 2.75) is 51.4 Å². The van der Waals surface area contributed by atoms with Gasteiger partial charge in [-0.1, -0.05) is 6.42 Å². The molecule has 1 atom stereocenters. The Balaban J connectivity index is 1.48. The lowest BCUT2D eigenvalue weighted by Gasteiger charge is -2.43. The van der Waals surface area contributed by atoms with E-state index in [2.05, 4.69) is 26.4 Å². The summed E-state index contributed by atoms with van der Waals surface area (Å²) in [6, 6.07) is 5.00. The van der Waals surface area contributed by atoms with Crippen LogP contribution in [0.15, 0.2) is 30.7 Å². The second kappa shape index (κ2) is 5.72. The third kappa shape index (κ3) is 2.39. The molecule has 22 heavy (non-hydrogen) atoms. The van der Waals surface area contributed by atoms with Crippen molar-refractivity contribution in [3.63, 3.8) is 0 Å². The molecule has 2 aromatic heterocycles. The fraction of sp³-hybridized carbons (Fsp3) is 0.529. The van der Waals surface area contributed by atoms with Crippen LogP contribution in [0.4, 0.5) is 0 Å². The minimum absolute atomic E-state index is 0.409. The van der Waals surface area contributed by atoms with Crippen LogP contribution in [-0.2, 0) is 13.2 Å². The Morgan fingerprint density at radius 2 is 2.18 bits per heavy atom. The zero-order valence-corrected chi connectivity index (χ0v) is 13.0. The molecule has 4 rings (SSSR count). The second-order valence-electron chi connectivity index (χ2n) is 6.24. The van der Waals surface area contributed by atoms with Gasteiger partial charge in [0.1, 0.15) is 18.2 Å². The maximum atomic E-state index is 5.82. The van der Waals surface area contributed by atoms with Gasteiger partial charge in [0.2, 0.25) is 0 Å². The number of nitrogens with zero attached hydrogens (tertiary/aromatic N) is 4. The molecule has 0 radical (unpaired) electrons. The maximum Gasteiger partial charge on any atom is 0.138 e. The van der Waals surface area contributed by atoms with Crippen LogP contribution < -0.4 is 4.74 Å². The molecule has 2 aromatic rings. The highest BCUT2D eigenvalue weighted by atomic mass is 16.5. The number of hydrogen-bond acceptors (Lipinski definition) is 4. The summed E-state index contributed by atoms with van der Waals surface area (Å²) in [5, 5.41) is 0. The Hall–Kier alpha value is -1.88. The van der Waals surface area contributed by atoms with Crippen LogP contribution in [0.3, 0.4) is 0 Å². The van der Waals surface area contributed by atoms with Crippen molar-refractivity contribution in [1.29, 1.82) is 0 Å². The number of rotatable bonds is 4. The zero-order valence-electron chi connectivity index (χ0n) is 13.0. The van der Waals surface area contributed by atoms with Gasteiger partial charge in [0.25, 0.3) is 0 Å². The third-order valence-electron chi connectivity index (χ3n) is 4.99. The van der Waals surface area contributed by atoms with Crippen molar-refractivity contribution in [1.82, 2.24) is 19.4 Å². The second-order valence-corrected chi connectivity index (χ2v) is 6.24. The lowest BCUT2D eigenvalue weighted by atomic mass is 9.90. The molecular formula is C17H22N4O. The standard InChI is InChI=1S/C17H22N4O/c1-13-17-19-10-15(12-22-16-6-3-7-18-11-16)21(17)9-8-20(13)14-4-2-5-14/h3,6-7,10-11,13-14H,2,4-5,8-9,12H2,1H3/t13-/m0/s1. The highest BCUT2D eigenvalue weighted by Gasteiger charge is 2.34. The predicted molar refractivity (Wildman–Crippen MR) is 83.6 cm³/mol. The first-order valence-electron chi connectivity index (χ1n) is 8.16. The van der Waals surface area contributed by atoms with Crippen molar-refractivity contribution >= 4 is 0 Å². The van der Waals surface area contributed by atoms with Gasteiger partial charge in [-0.3, -0.25) is 9.88 Å². The first-order valence-corrected chi connectivity index (χ1v) is 8.16. The van der Waals surface area contributed by atoms with Gasteiger partial charge in [0.05, 0.1) is 24.1 Å². The molecule has 1 fully saturated rings. The van der Waals surface area contributed by atoms with E-state index >= 15 is 0 Å². The van der Waals surface area contributed by atoms with E-state index in [1.807, 2.05) is 18.3 Å². The molecule has 0 amide bonds. The van der Waals surface area contributed by atoms with Crippen LogP contribution in [-0.4, -0.2) is 32.0 Å². The smallest absolute Gasteiger partial charge is 0.138 e. The van der Waals surface area contributed by atoms with Gasteiger partial charge in [-0.15, -0.1) is 0 Å². The van der Waals surface area contributed by atoms with E-state index in [4.69, 9.17) is 4.74 Å². The highest BCUT2D eigenvalue weighted by molar-refractivity contribution is 5.17. The third-order valence-corrected chi connectivity index (χ3v) is 4.99. The van der Waals surface area contributed by atoms with Crippen LogP contribution >= 0.6 is 0 Å². The molecule has 0 saturated heterocycles. The molecular weight excluding hydrogens is 276 g/mol. The van der Waals surface area contributed by atoms with E-state index in [-0.39, 0.29) is 0 Å². The van der Waals surface area contributed by atoms with Gasteiger partial charge in [0, 0.05) is 25.3 Å². The average Bonchev–Trinajstić information content (AvgIpc) is 2.91. The topological polar surface area (TPSA) is 43.2 Å². The van der Waals surface area contributed by atoms with Crippen molar-refractivity contribution in [3.8, 4) is 5.75 Å². The molecule has 1 aliphatic carbocycles. The van der Waals surface area contributed by atoms with E-state index in [0.29, 0.717) is 12.6 Å². The van der Waals surface area contributed by atoms with Crippen LogP contribution in [0, 0.1) is 0 Å². The summed E-state index contributed by atoms with van der Waals surface area (Å²) in [4.78, 5) is 11.4. The zero-order chi connectivity index (χ0) is 14.9. The Labute approximate surface area is 130 Å². The molecule has 5 nitrogen and oxygen atoms in total. The fourth-order valence-electron chi connectivity index (χ4n) is 3.50. The Morgan fingerprint density at radius 3 is 2.91 bits per heavy atom. The number of hydrogen-bond donors (Lipinski definition) is 0. The molecule has 3 heterocycles. The Kier molecular flexibility index (Phi) is 3.58. The number of imidazole rings is 1. The summed E-state index contributed by atoms with van der Waals surface area (Å²) >= 11 is 0. The first kappa shape index (κ1) is 13.8. The van der Waals surface area contributed by atoms with Crippen molar-refractivity contribution in [2.24, 2.45) is 0 Å². The number of ether oxygens (including phenoxy) is 1. The van der Waals surface area contributed by atoms with Crippen LogP contribution in [0.1, 0.15) is 43.7 Å². The minimum Gasteiger partial charge on any atom is -0.486 e. The van der Waals surface area contributed by atoms with E-state index in [1.165, 1.54) is 25.1 Å². The Morgan fingerprint density at radius 1 is 1.27 bits per heavy atom. The monoisotopic (exact) mass is 298 g/mol. The molecule has 0 bridgehead atoms. The lowest BCUT2D eigenvalue weighted by molar-refractivity contribution is 0.0601. The number of fused-ring (bicyclic) bond motifs is 1. The molecule has 116 valence electrons. The summed E-state index contributed by atoms with van der Waals surface area (Å²) in [6.07, 6.45) is 9.54. The summed E-state index contributed by atoms with van der Waals surface area (Å²) in [5.74, 6) is 1.99. The average molecular weight is 298 g/mol. The molecule has 2 aliphatic rings. The van der Waals surface area contributed by atoms with Crippen LogP contribution in [0.2, 0.25) is 0 Å². The summed E-state index contributed by atoms with van der Waals surface area (Å²) in [5.41, 5.74) is 1.15. The fourth-order valence-corrected chi connectivity index (χ4v) is 3.50. The van der Waals surface area contributed by atoms with Gasteiger partial charge in [-0.2, -0.15) is 0 Å². The van der Waals surface area contributed by atoms with E-state index in [0.717, 1.165) is 30.6 Å². The van der Waals surface area contributed by atoms with E-state index < -0.39 is 0 Å². The summed E-state index contributed by atoms with van der Waals surface area (Å²) in [6.45, 7) is 4.97. The maximum absolute atomic E-state index is 5.82. The molecule has 0 aromatic carbocycles. The van der Waals surface area contributed by atoms with Gasteiger partial charge in [-0.05, 0) is 31.9 Å². The van der Waals surface area contributed by atoms with Crippen molar-refractivity contribution in [2.75, 3.05) is 6.54 Å². The van der Waals surface area contributed by atoms with Crippen LogP contribution in [0.5, 0.6) is 5.75 Å². The van der Waals surface area contributed by atoms with Gasteiger partial charge >= 0.3 is 0 Å². The first-order chi connectivity index (χ1) is 10.8. The van der Waals surface area contributed by atoms with Crippen LogP contribution in [0.25, 0.3) is 0 Å². The molecule has 0 N–H and O–H groups in total. The van der Waals surface area contributed by atoms with Crippen molar-refractivity contribution < 1.29 is 4.74 Å². The molecule has 0 unspecified atom stereocenters. The summed E-state index contributed by atoms with van der Waals surface area (Å²) < 4.78 is 8.15. The van der Waals surface area contributed by atoms with E-state index in [9.17, 15) is 0 Å². The summed E-state index contributed by atoms with van der Waals surface area (Å²) in [7, 11) is 0. The molecule has 0 spiro atoms. The quantitative estimate of drug-likeness (QED) is 0.870. The van der Waals surface area contributed by atoms with Crippen molar-refractivity contribution in [3.05, 3.63) is 42.2 Å². The van der Waals surface area contributed by atoms with E-state index in [1.54, 1.807) is 12.4 Å². The predicted octanol–water partition coefficient (Wildman–Crippen LogP) is 2.79. The van der Waals surface area contributed by atoms with Gasteiger partial charge in [-0.25, -0.2) is 4.98 Å². The molecule has 5 heteroatoms. The van der Waals surface area contributed by atoms with Gasteiger partial charge in [0.15, 0.2) is 0 Å². The largest absolute Gasteiger partial charge is 0.486 e. The highest BCUT2D eigenvalue weighted by Crippen LogP contribution is 2.34. The Bertz CT molecular complexity index is 635. The molecule has 1 saturated carbocycles. The minimum atomic E-state index is 0.409. The lowest BCUT2D eigenvalue weighted by Crippen LogP contribution is -2.47. The van der Waals surface area contributed by atoms with Gasteiger partial charge < -0.3 is 9.30 Å². The number of pyridine rings is 1. The SMILES string of the molecule is C[C@H]1c2ncc(COc3cccnc3)n2CCN1C1CCC1. The normalized spacial score (nSPS) is 22.1. The number of aromatic nitrogens is 3.